The molecule has 0 spiro atoms. The van der Waals surface area contributed by atoms with Crippen LogP contribution in [-0.2, 0) is 6.54 Å². The van der Waals surface area contributed by atoms with E-state index in [1.54, 1.807) is 0 Å². The molecule has 4 aromatic carbocycles. The van der Waals surface area contributed by atoms with Gasteiger partial charge in [-0.2, -0.15) is 0 Å². The lowest BCUT2D eigenvalue weighted by molar-refractivity contribution is 0.836. The van der Waals surface area contributed by atoms with Crippen LogP contribution in [0.4, 0.5) is 0 Å². The van der Waals surface area contributed by atoms with Gasteiger partial charge in [-0.15, -0.1) is 0 Å². The van der Waals surface area contributed by atoms with Crippen molar-refractivity contribution in [1.82, 2.24) is 4.57 Å². The number of hydrogen-bond acceptors (Lipinski definition) is 0. The topological polar surface area (TPSA) is 4.93 Å². The van der Waals surface area contributed by atoms with E-state index in [-0.39, 0.29) is 0 Å². The van der Waals surface area contributed by atoms with E-state index >= 15 is 0 Å². The van der Waals surface area contributed by atoms with Gasteiger partial charge in [0.25, 0.3) is 0 Å². The van der Waals surface area contributed by atoms with E-state index in [9.17, 15) is 0 Å². The quantitative estimate of drug-likeness (QED) is 0.280. The Bertz CT molecular complexity index is 1280. The summed E-state index contributed by atoms with van der Waals surface area (Å²) in [5.74, 6) is 0. The van der Waals surface area contributed by atoms with Crippen LogP contribution < -0.4 is 0 Å². The summed E-state index contributed by atoms with van der Waals surface area (Å²) < 4.78 is 2.36. The first-order valence-corrected chi connectivity index (χ1v) is 10.3. The predicted octanol–water partition coefficient (Wildman–Crippen LogP) is 7.28. The van der Waals surface area contributed by atoms with Crippen molar-refractivity contribution in [2.24, 2.45) is 0 Å². The highest BCUT2D eigenvalue weighted by atomic mass is 15.0. The second-order valence-corrected chi connectivity index (χ2v) is 7.51. The highest BCUT2D eigenvalue weighted by molar-refractivity contribution is 6.02. The zero-order chi connectivity index (χ0) is 20.2. The normalized spacial score (nSPS) is 11.7. The summed E-state index contributed by atoms with van der Waals surface area (Å²) in [5.41, 5.74) is 7.49. The minimum atomic E-state index is 0.856. The molecule has 0 N–H and O–H groups in total. The van der Waals surface area contributed by atoms with Crippen LogP contribution in [0.3, 0.4) is 0 Å². The van der Waals surface area contributed by atoms with Gasteiger partial charge in [0.05, 0.1) is 0 Å². The first-order valence-electron chi connectivity index (χ1n) is 10.3. The SMILES string of the molecule is C(=C(/c1ccccc1)c1cn(Cc2ccccc2)c2ccccc12)/c1ccccc1. The maximum atomic E-state index is 2.36. The van der Waals surface area contributed by atoms with Crippen molar-refractivity contribution in [3.63, 3.8) is 0 Å². The van der Waals surface area contributed by atoms with E-state index in [1.807, 2.05) is 0 Å². The minimum absolute atomic E-state index is 0.856. The fourth-order valence-electron chi connectivity index (χ4n) is 4.02. The summed E-state index contributed by atoms with van der Waals surface area (Å²) in [6.07, 6.45) is 4.60. The zero-order valence-corrected chi connectivity index (χ0v) is 16.8. The van der Waals surface area contributed by atoms with Crippen molar-refractivity contribution in [3.8, 4) is 0 Å². The van der Waals surface area contributed by atoms with Crippen LogP contribution >= 0.6 is 0 Å². The zero-order valence-electron chi connectivity index (χ0n) is 16.8. The smallest absolute Gasteiger partial charge is 0.0489 e. The third-order valence-corrected chi connectivity index (χ3v) is 5.47. The molecule has 0 aliphatic carbocycles. The number of hydrogen-bond donors (Lipinski definition) is 0. The van der Waals surface area contributed by atoms with Crippen LogP contribution in [0.15, 0.2) is 121 Å². The standard InChI is InChI=1S/C29H23N/c1-4-12-23(13-5-1)20-27(25-16-8-3-9-17-25)28-22-30(21-24-14-6-2-7-15-24)29-19-11-10-18-26(28)29/h1-20,22H,21H2/b27-20+. The van der Waals surface area contributed by atoms with Crippen molar-refractivity contribution >= 4 is 22.6 Å². The fourth-order valence-corrected chi connectivity index (χ4v) is 4.02. The van der Waals surface area contributed by atoms with Crippen molar-refractivity contribution in [1.29, 1.82) is 0 Å². The van der Waals surface area contributed by atoms with E-state index in [2.05, 4.69) is 132 Å². The monoisotopic (exact) mass is 385 g/mol. The van der Waals surface area contributed by atoms with Crippen molar-refractivity contribution in [2.75, 3.05) is 0 Å². The van der Waals surface area contributed by atoms with Gasteiger partial charge in [0.15, 0.2) is 0 Å². The maximum absolute atomic E-state index is 2.36. The molecule has 144 valence electrons. The van der Waals surface area contributed by atoms with Crippen LogP contribution in [0.5, 0.6) is 0 Å². The second kappa shape index (κ2) is 8.26. The second-order valence-electron chi connectivity index (χ2n) is 7.51. The lowest BCUT2D eigenvalue weighted by Crippen LogP contribution is -1.97. The molecule has 0 atom stereocenters. The Kier molecular flexibility index (Phi) is 5.01. The number of rotatable bonds is 5. The number of nitrogens with zero attached hydrogens (tertiary/aromatic N) is 1. The Morgan fingerprint density at radius 2 is 1.23 bits per heavy atom. The number of fused-ring (bicyclic) bond motifs is 1. The summed E-state index contributed by atoms with van der Waals surface area (Å²) in [4.78, 5) is 0. The Hall–Kier alpha value is -3.84. The molecule has 0 bridgehead atoms. The van der Waals surface area contributed by atoms with Crippen molar-refractivity contribution < 1.29 is 0 Å². The molecule has 5 aromatic rings. The summed E-state index contributed by atoms with van der Waals surface area (Å²) >= 11 is 0. The lowest BCUT2D eigenvalue weighted by Gasteiger charge is -2.08. The molecule has 0 saturated carbocycles. The molecule has 0 fully saturated rings. The third kappa shape index (κ3) is 3.70. The van der Waals surface area contributed by atoms with Gasteiger partial charge >= 0.3 is 0 Å². The van der Waals surface area contributed by atoms with Gasteiger partial charge in [0.1, 0.15) is 0 Å². The average molecular weight is 386 g/mol. The van der Waals surface area contributed by atoms with E-state index in [1.165, 1.54) is 38.7 Å². The van der Waals surface area contributed by atoms with Crippen molar-refractivity contribution in [3.05, 3.63) is 144 Å². The molecule has 0 amide bonds. The first-order chi connectivity index (χ1) is 14.9. The van der Waals surface area contributed by atoms with Gasteiger partial charge in [-0.05, 0) is 34.4 Å². The number of aromatic nitrogens is 1. The molecule has 0 radical (unpaired) electrons. The number of para-hydroxylation sites is 1. The van der Waals surface area contributed by atoms with Crippen LogP contribution in [0, 0.1) is 0 Å². The van der Waals surface area contributed by atoms with Crippen molar-refractivity contribution in [2.45, 2.75) is 6.54 Å². The summed E-state index contributed by atoms with van der Waals surface area (Å²) in [7, 11) is 0. The molecule has 30 heavy (non-hydrogen) atoms. The highest BCUT2D eigenvalue weighted by Crippen LogP contribution is 2.33. The van der Waals surface area contributed by atoms with Gasteiger partial charge in [-0.1, -0.05) is 109 Å². The van der Waals surface area contributed by atoms with E-state index < -0.39 is 0 Å². The Labute approximate surface area is 177 Å². The van der Waals surface area contributed by atoms with Crippen LogP contribution in [-0.4, -0.2) is 4.57 Å². The third-order valence-electron chi connectivity index (χ3n) is 5.47. The van der Waals surface area contributed by atoms with Gasteiger partial charge in [-0.25, -0.2) is 0 Å². The molecule has 1 nitrogen and oxygen atoms in total. The molecule has 5 rings (SSSR count). The minimum Gasteiger partial charge on any atom is -0.342 e. The Balaban J connectivity index is 1.70. The van der Waals surface area contributed by atoms with E-state index in [0.29, 0.717) is 0 Å². The molecular weight excluding hydrogens is 362 g/mol. The maximum Gasteiger partial charge on any atom is 0.0489 e. The van der Waals surface area contributed by atoms with Crippen LogP contribution in [0.1, 0.15) is 22.3 Å². The largest absolute Gasteiger partial charge is 0.342 e. The Morgan fingerprint density at radius 1 is 0.633 bits per heavy atom. The average Bonchev–Trinajstić information content (AvgIpc) is 3.18. The summed E-state index contributed by atoms with van der Waals surface area (Å²) in [6.45, 7) is 0.856. The number of benzene rings is 4. The van der Waals surface area contributed by atoms with Crippen LogP contribution in [0.2, 0.25) is 0 Å². The molecule has 1 heteroatoms. The van der Waals surface area contributed by atoms with Gasteiger partial charge in [0, 0.05) is 29.2 Å². The Morgan fingerprint density at radius 3 is 1.97 bits per heavy atom. The lowest BCUT2D eigenvalue weighted by atomic mass is 9.95. The van der Waals surface area contributed by atoms with Gasteiger partial charge in [0.2, 0.25) is 0 Å². The highest BCUT2D eigenvalue weighted by Gasteiger charge is 2.14. The predicted molar refractivity (Wildman–Crippen MR) is 127 cm³/mol. The molecule has 0 unspecified atom stereocenters. The summed E-state index contributed by atoms with van der Waals surface area (Å²) in [6, 6.07) is 40.6. The van der Waals surface area contributed by atoms with Gasteiger partial charge < -0.3 is 4.57 Å². The molecular formula is C29H23N. The van der Waals surface area contributed by atoms with E-state index in [4.69, 9.17) is 0 Å². The molecule has 0 aliphatic heterocycles. The molecule has 1 heterocycles. The first kappa shape index (κ1) is 18.2. The van der Waals surface area contributed by atoms with Gasteiger partial charge in [-0.3, -0.25) is 0 Å². The molecule has 0 saturated heterocycles. The summed E-state index contributed by atoms with van der Waals surface area (Å²) in [5, 5.41) is 1.28. The van der Waals surface area contributed by atoms with E-state index in [0.717, 1.165) is 6.54 Å². The fraction of sp³-hybridized carbons (Fsp3) is 0.0345. The van der Waals surface area contributed by atoms with Crippen LogP contribution in [0.25, 0.3) is 22.6 Å². The molecule has 1 aromatic heterocycles. The molecule has 0 aliphatic rings.